The number of ether oxygens (including phenoxy) is 1. The molecule has 19 heavy (non-hydrogen) atoms. The maximum atomic E-state index is 5.19. The Kier molecular flexibility index (Phi) is 4.57. The third kappa shape index (κ3) is 3.35. The summed E-state index contributed by atoms with van der Waals surface area (Å²) >= 11 is 3.49. The highest BCUT2D eigenvalue weighted by Crippen LogP contribution is 2.29. The summed E-state index contributed by atoms with van der Waals surface area (Å²) in [6.45, 7) is 2.82. The first-order chi connectivity index (χ1) is 9.24. The molecule has 0 spiro atoms. The molecule has 0 unspecified atom stereocenters. The predicted octanol–water partition coefficient (Wildman–Crippen LogP) is 3.42. The minimum atomic E-state index is 0.708. The van der Waals surface area contributed by atoms with Crippen LogP contribution in [-0.4, -0.2) is 23.6 Å². The first-order valence-corrected chi connectivity index (χ1v) is 6.69. The molecular weight excluding hydrogens is 308 g/mol. The molecule has 0 aliphatic rings. The van der Waals surface area contributed by atoms with Crippen molar-refractivity contribution >= 4 is 33.3 Å². The minimum Gasteiger partial charge on any atom is -0.497 e. The van der Waals surface area contributed by atoms with Gasteiger partial charge in [0.25, 0.3) is 0 Å². The second-order valence-electron chi connectivity index (χ2n) is 3.77. The van der Waals surface area contributed by atoms with Gasteiger partial charge in [-0.3, -0.25) is 0 Å². The molecule has 1 heterocycles. The fraction of sp³-hybridized carbons (Fsp3) is 0.231. The van der Waals surface area contributed by atoms with E-state index in [4.69, 9.17) is 4.74 Å². The molecule has 2 rings (SSSR count). The van der Waals surface area contributed by atoms with Crippen LogP contribution in [0.5, 0.6) is 5.75 Å². The molecule has 0 amide bonds. The first-order valence-electron chi connectivity index (χ1n) is 5.90. The number of hydrogen-bond donors (Lipinski definition) is 2. The lowest BCUT2D eigenvalue weighted by molar-refractivity contribution is 0.415. The van der Waals surface area contributed by atoms with E-state index >= 15 is 0 Å². The van der Waals surface area contributed by atoms with Crippen molar-refractivity contribution in [3.05, 3.63) is 35.1 Å². The minimum absolute atomic E-state index is 0.708. The summed E-state index contributed by atoms with van der Waals surface area (Å²) in [4.78, 5) is 8.39. The molecule has 5 nitrogen and oxygen atoms in total. The number of halogens is 1. The highest BCUT2D eigenvalue weighted by molar-refractivity contribution is 9.10. The number of methoxy groups -OCH3 is 1. The van der Waals surface area contributed by atoms with Crippen LogP contribution in [0.15, 0.2) is 35.1 Å². The topological polar surface area (TPSA) is 59.1 Å². The van der Waals surface area contributed by atoms with Crippen LogP contribution in [0.3, 0.4) is 0 Å². The van der Waals surface area contributed by atoms with Crippen molar-refractivity contribution < 1.29 is 4.74 Å². The number of aromatic nitrogens is 2. The molecule has 0 aliphatic heterocycles. The zero-order chi connectivity index (χ0) is 13.7. The normalized spacial score (nSPS) is 10.1. The molecule has 0 fully saturated rings. The Balaban J connectivity index is 2.25. The highest BCUT2D eigenvalue weighted by atomic mass is 79.9. The molecule has 0 radical (unpaired) electrons. The lowest BCUT2D eigenvalue weighted by Gasteiger charge is -2.11. The maximum absolute atomic E-state index is 5.19. The third-order valence-corrected chi connectivity index (χ3v) is 3.22. The van der Waals surface area contributed by atoms with Crippen molar-refractivity contribution in [2.45, 2.75) is 6.92 Å². The van der Waals surface area contributed by atoms with Crippen LogP contribution in [0.4, 0.5) is 17.3 Å². The van der Waals surface area contributed by atoms with E-state index in [9.17, 15) is 0 Å². The summed E-state index contributed by atoms with van der Waals surface area (Å²) in [7, 11) is 1.64. The lowest BCUT2D eigenvalue weighted by atomic mass is 10.3. The molecule has 1 aromatic carbocycles. The van der Waals surface area contributed by atoms with E-state index in [2.05, 4.69) is 36.5 Å². The molecule has 0 aliphatic carbocycles. The van der Waals surface area contributed by atoms with Crippen molar-refractivity contribution in [3.8, 4) is 5.75 Å². The van der Waals surface area contributed by atoms with Gasteiger partial charge in [0, 0.05) is 18.3 Å². The molecule has 0 saturated carbocycles. The van der Waals surface area contributed by atoms with Crippen LogP contribution >= 0.6 is 15.9 Å². The molecule has 0 bridgehead atoms. The number of hydrogen-bond acceptors (Lipinski definition) is 5. The van der Waals surface area contributed by atoms with E-state index in [0.29, 0.717) is 5.82 Å². The zero-order valence-electron chi connectivity index (χ0n) is 10.8. The van der Waals surface area contributed by atoms with Crippen LogP contribution in [0, 0.1) is 0 Å². The second kappa shape index (κ2) is 6.38. The Morgan fingerprint density at radius 2 is 2.05 bits per heavy atom. The van der Waals surface area contributed by atoms with Gasteiger partial charge in [0.2, 0.25) is 0 Å². The van der Waals surface area contributed by atoms with E-state index in [1.165, 1.54) is 6.33 Å². The van der Waals surface area contributed by atoms with Crippen molar-refractivity contribution in [1.82, 2.24) is 9.97 Å². The number of rotatable bonds is 5. The van der Waals surface area contributed by atoms with E-state index in [1.54, 1.807) is 7.11 Å². The number of benzene rings is 1. The Morgan fingerprint density at radius 1 is 1.26 bits per heavy atom. The van der Waals surface area contributed by atoms with Crippen molar-refractivity contribution in [1.29, 1.82) is 0 Å². The second-order valence-corrected chi connectivity index (χ2v) is 4.57. The zero-order valence-corrected chi connectivity index (χ0v) is 12.4. The smallest absolute Gasteiger partial charge is 0.150 e. The number of nitrogens with zero attached hydrogens (tertiary/aromatic N) is 2. The van der Waals surface area contributed by atoms with Gasteiger partial charge in [-0.2, -0.15) is 0 Å². The molecule has 0 saturated heterocycles. The fourth-order valence-corrected chi connectivity index (χ4v) is 2.03. The summed E-state index contributed by atoms with van der Waals surface area (Å²) in [5.74, 6) is 2.27. The first kappa shape index (κ1) is 13.6. The van der Waals surface area contributed by atoms with Crippen molar-refractivity contribution in [2.75, 3.05) is 24.3 Å². The summed E-state index contributed by atoms with van der Waals surface area (Å²) in [6.07, 6.45) is 1.52. The van der Waals surface area contributed by atoms with Gasteiger partial charge in [0.05, 0.1) is 7.11 Å². The number of nitrogens with one attached hydrogen (secondary N) is 2. The van der Waals surface area contributed by atoms with Gasteiger partial charge in [0.15, 0.2) is 0 Å². The van der Waals surface area contributed by atoms with E-state index in [0.717, 1.165) is 28.3 Å². The van der Waals surface area contributed by atoms with Gasteiger partial charge in [-0.15, -0.1) is 0 Å². The van der Waals surface area contributed by atoms with Crippen LogP contribution in [0.2, 0.25) is 0 Å². The lowest BCUT2D eigenvalue weighted by Crippen LogP contribution is -2.03. The molecule has 1 aromatic heterocycles. The van der Waals surface area contributed by atoms with Crippen molar-refractivity contribution in [2.24, 2.45) is 0 Å². The SMILES string of the molecule is CCNc1ncnc(Nc2cccc(OC)c2)c1Br. The average molecular weight is 323 g/mol. The third-order valence-electron chi connectivity index (χ3n) is 2.47. The van der Waals surface area contributed by atoms with Crippen LogP contribution < -0.4 is 15.4 Å². The molecule has 2 N–H and O–H groups in total. The van der Waals surface area contributed by atoms with E-state index in [1.807, 2.05) is 31.2 Å². The van der Waals surface area contributed by atoms with Gasteiger partial charge in [-0.05, 0) is 35.0 Å². The maximum Gasteiger partial charge on any atom is 0.150 e. The quantitative estimate of drug-likeness (QED) is 0.883. The van der Waals surface area contributed by atoms with Gasteiger partial charge < -0.3 is 15.4 Å². The van der Waals surface area contributed by atoms with Crippen LogP contribution in [-0.2, 0) is 0 Å². The molecule has 6 heteroatoms. The summed E-state index contributed by atoms with van der Waals surface area (Å²) in [5, 5.41) is 6.39. The Hall–Kier alpha value is -1.82. The van der Waals surface area contributed by atoms with Crippen LogP contribution in [0.1, 0.15) is 6.92 Å². The highest BCUT2D eigenvalue weighted by Gasteiger charge is 2.08. The fourth-order valence-electron chi connectivity index (χ4n) is 1.59. The van der Waals surface area contributed by atoms with Gasteiger partial charge in [-0.1, -0.05) is 6.07 Å². The van der Waals surface area contributed by atoms with Gasteiger partial charge >= 0.3 is 0 Å². The standard InChI is InChI=1S/C13H15BrN4O/c1-3-15-12-11(14)13(17-8-16-12)18-9-5-4-6-10(7-9)19-2/h4-8H,3H2,1-2H3,(H2,15,16,17,18). The average Bonchev–Trinajstić information content (AvgIpc) is 2.44. The largest absolute Gasteiger partial charge is 0.497 e. The Labute approximate surface area is 120 Å². The van der Waals surface area contributed by atoms with E-state index < -0.39 is 0 Å². The molecule has 100 valence electrons. The predicted molar refractivity (Wildman–Crippen MR) is 80.2 cm³/mol. The molecule has 0 atom stereocenters. The molecular formula is C13H15BrN4O. The summed E-state index contributed by atoms with van der Waals surface area (Å²) < 4.78 is 5.99. The van der Waals surface area contributed by atoms with Crippen LogP contribution in [0.25, 0.3) is 0 Å². The Bertz CT molecular complexity index is 562. The summed E-state index contributed by atoms with van der Waals surface area (Å²) in [6, 6.07) is 7.66. The monoisotopic (exact) mass is 322 g/mol. The molecule has 2 aromatic rings. The van der Waals surface area contributed by atoms with Gasteiger partial charge in [-0.25, -0.2) is 9.97 Å². The number of anilines is 3. The Morgan fingerprint density at radius 3 is 2.79 bits per heavy atom. The van der Waals surface area contributed by atoms with E-state index in [-0.39, 0.29) is 0 Å². The summed E-state index contributed by atoms with van der Waals surface area (Å²) in [5.41, 5.74) is 0.904. The van der Waals surface area contributed by atoms with Crippen molar-refractivity contribution in [3.63, 3.8) is 0 Å². The van der Waals surface area contributed by atoms with Gasteiger partial charge in [0.1, 0.15) is 28.2 Å².